The molecule has 1 saturated carbocycles. The van der Waals surface area contributed by atoms with Crippen molar-refractivity contribution in [3.8, 4) is 0 Å². The molecule has 2 fully saturated rings. The number of rotatable bonds is 6. The van der Waals surface area contributed by atoms with Gasteiger partial charge in [-0.3, -0.25) is 4.39 Å². The second-order valence-electron chi connectivity index (χ2n) is 10.8. The van der Waals surface area contributed by atoms with E-state index in [0.29, 0.717) is 52.9 Å². The average Bonchev–Trinajstić information content (AvgIpc) is 3.57. The minimum absolute atomic E-state index is 0.0521. The minimum atomic E-state index is -4.08. The molecule has 2 aromatic carbocycles. The molecule has 0 unspecified atom stereocenters. The Morgan fingerprint density at radius 1 is 1.05 bits per heavy atom. The first-order valence-corrected chi connectivity index (χ1v) is 14.5. The zero-order valence-corrected chi connectivity index (χ0v) is 23.1. The van der Waals surface area contributed by atoms with Gasteiger partial charge in [0.15, 0.2) is 11.6 Å². The molecule has 6 rings (SSSR count). The Morgan fingerprint density at radius 2 is 1.74 bits per heavy atom. The highest BCUT2D eigenvalue weighted by molar-refractivity contribution is 7.90. The van der Waals surface area contributed by atoms with Crippen molar-refractivity contribution in [3.05, 3.63) is 71.3 Å². The number of anilines is 2. The van der Waals surface area contributed by atoms with Crippen LogP contribution in [0, 0.1) is 5.82 Å². The highest BCUT2D eigenvalue weighted by atomic mass is 35.5. The van der Waals surface area contributed by atoms with Crippen LogP contribution in [-0.2, 0) is 15.4 Å². The molecule has 12 heteroatoms. The molecule has 204 valence electrons. The van der Waals surface area contributed by atoms with Gasteiger partial charge in [-0.15, -0.1) is 5.10 Å². The standard InChI is InChI=1S/C27H27ClF2N6O2S/c1-26(2,16-29)18-6-8-20(9-7-18)39(37,38)36-22-5-3-4-21(28)23(22)24(33-36)35-13-12-34(17-27(35)10-11-27)25-31-14-19(30)15-32-25/h3-9,14-15H,10-13,16-17H2,1-2H3. The van der Waals surface area contributed by atoms with Crippen molar-refractivity contribution in [2.24, 2.45) is 0 Å². The minimum Gasteiger partial charge on any atom is -0.345 e. The molecule has 0 radical (unpaired) electrons. The molecule has 0 atom stereocenters. The Labute approximate surface area is 230 Å². The number of fused-ring (bicyclic) bond motifs is 1. The van der Waals surface area contributed by atoms with Crippen LogP contribution in [0.2, 0.25) is 5.02 Å². The number of hydrogen-bond acceptors (Lipinski definition) is 7. The van der Waals surface area contributed by atoms with E-state index in [1.54, 1.807) is 44.2 Å². The second-order valence-corrected chi connectivity index (χ2v) is 13.0. The van der Waals surface area contributed by atoms with Crippen LogP contribution < -0.4 is 9.80 Å². The largest absolute Gasteiger partial charge is 0.345 e. The van der Waals surface area contributed by atoms with E-state index < -0.39 is 27.9 Å². The second kappa shape index (κ2) is 9.12. The van der Waals surface area contributed by atoms with Gasteiger partial charge >= 0.3 is 0 Å². The molecule has 4 aromatic rings. The van der Waals surface area contributed by atoms with Crippen molar-refractivity contribution < 1.29 is 17.2 Å². The summed E-state index contributed by atoms with van der Waals surface area (Å²) in [5.41, 5.74) is 0.0774. The van der Waals surface area contributed by atoms with Crippen LogP contribution in [0.25, 0.3) is 10.9 Å². The van der Waals surface area contributed by atoms with Crippen LogP contribution in [0.15, 0.2) is 59.8 Å². The maximum Gasteiger partial charge on any atom is 0.283 e. The zero-order valence-electron chi connectivity index (χ0n) is 21.5. The van der Waals surface area contributed by atoms with E-state index in [1.807, 2.05) is 4.90 Å². The number of piperazine rings is 1. The normalized spacial score (nSPS) is 17.3. The molecule has 2 aromatic heterocycles. The van der Waals surface area contributed by atoms with E-state index in [0.717, 1.165) is 29.3 Å². The maximum atomic E-state index is 13.8. The van der Waals surface area contributed by atoms with E-state index in [9.17, 15) is 17.2 Å². The topological polar surface area (TPSA) is 84.2 Å². The van der Waals surface area contributed by atoms with Crippen LogP contribution in [0.3, 0.4) is 0 Å². The number of nitrogens with zero attached hydrogens (tertiary/aromatic N) is 6. The summed E-state index contributed by atoms with van der Waals surface area (Å²) in [6, 6.07) is 11.4. The molecule has 2 aliphatic rings. The molecular weight excluding hydrogens is 546 g/mol. The Bertz CT molecular complexity index is 1650. The molecule has 1 aliphatic heterocycles. The van der Waals surface area contributed by atoms with Crippen molar-refractivity contribution in [1.29, 1.82) is 0 Å². The van der Waals surface area contributed by atoms with Gasteiger partial charge in [-0.25, -0.2) is 14.4 Å². The highest BCUT2D eigenvalue weighted by Crippen LogP contribution is 2.49. The van der Waals surface area contributed by atoms with E-state index in [4.69, 9.17) is 11.6 Å². The van der Waals surface area contributed by atoms with Gasteiger partial charge in [0.2, 0.25) is 5.95 Å². The first-order chi connectivity index (χ1) is 18.6. The third kappa shape index (κ3) is 4.31. The lowest BCUT2D eigenvalue weighted by Crippen LogP contribution is -2.56. The number of hydrogen-bond donors (Lipinski definition) is 0. The van der Waals surface area contributed by atoms with Gasteiger partial charge in [-0.2, -0.15) is 12.5 Å². The summed E-state index contributed by atoms with van der Waals surface area (Å²) in [5.74, 6) is 0.469. The number of aromatic nitrogens is 4. The third-order valence-electron chi connectivity index (χ3n) is 7.73. The van der Waals surface area contributed by atoms with E-state index in [-0.39, 0.29) is 10.4 Å². The molecule has 1 spiro atoms. The predicted molar refractivity (Wildman–Crippen MR) is 146 cm³/mol. The monoisotopic (exact) mass is 572 g/mol. The first kappa shape index (κ1) is 25.9. The first-order valence-electron chi connectivity index (χ1n) is 12.7. The predicted octanol–water partition coefficient (Wildman–Crippen LogP) is 4.96. The highest BCUT2D eigenvalue weighted by Gasteiger charge is 2.53. The lowest BCUT2D eigenvalue weighted by Gasteiger charge is -2.42. The summed E-state index contributed by atoms with van der Waals surface area (Å²) in [7, 11) is -4.08. The summed E-state index contributed by atoms with van der Waals surface area (Å²) in [4.78, 5) is 12.5. The Kier molecular flexibility index (Phi) is 6.07. The molecule has 0 N–H and O–H groups in total. The van der Waals surface area contributed by atoms with Crippen LogP contribution in [0.5, 0.6) is 0 Å². The number of halogens is 3. The quantitative estimate of drug-likeness (QED) is 0.323. The van der Waals surface area contributed by atoms with Crippen molar-refractivity contribution >= 4 is 44.3 Å². The molecule has 1 saturated heterocycles. The Morgan fingerprint density at radius 3 is 2.38 bits per heavy atom. The lowest BCUT2D eigenvalue weighted by atomic mass is 9.86. The summed E-state index contributed by atoms with van der Waals surface area (Å²) in [5, 5.41) is 5.64. The van der Waals surface area contributed by atoms with E-state index in [1.165, 1.54) is 12.1 Å². The van der Waals surface area contributed by atoms with Crippen LogP contribution in [0.4, 0.5) is 20.5 Å². The summed E-state index contributed by atoms with van der Waals surface area (Å²) in [6.07, 6.45) is 4.06. The Balaban J connectivity index is 1.39. The van der Waals surface area contributed by atoms with Gasteiger partial charge in [0.25, 0.3) is 10.0 Å². The SMILES string of the molecule is CC(C)(CF)c1ccc(S(=O)(=O)n2nc(N3CCN(c4ncc(F)cn4)CC34CC4)c3c(Cl)cccc32)cc1. The van der Waals surface area contributed by atoms with Gasteiger partial charge in [0.1, 0.15) is 0 Å². The zero-order chi connectivity index (χ0) is 27.6. The molecule has 0 amide bonds. The van der Waals surface area contributed by atoms with Gasteiger partial charge in [-0.1, -0.05) is 43.6 Å². The summed E-state index contributed by atoms with van der Waals surface area (Å²) >= 11 is 6.65. The van der Waals surface area contributed by atoms with Crippen molar-refractivity contribution in [3.63, 3.8) is 0 Å². The van der Waals surface area contributed by atoms with Crippen molar-refractivity contribution in [2.45, 2.75) is 42.5 Å². The van der Waals surface area contributed by atoms with Gasteiger partial charge in [-0.05, 0) is 42.7 Å². The van der Waals surface area contributed by atoms with E-state index in [2.05, 4.69) is 20.0 Å². The molecule has 3 heterocycles. The van der Waals surface area contributed by atoms with Gasteiger partial charge in [0, 0.05) is 25.0 Å². The smallest absolute Gasteiger partial charge is 0.283 e. The van der Waals surface area contributed by atoms with Crippen molar-refractivity contribution in [2.75, 3.05) is 36.1 Å². The Hall–Kier alpha value is -3.31. The van der Waals surface area contributed by atoms with E-state index >= 15 is 0 Å². The maximum absolute atomic E-state index is 13.8. The molecule has 39 heavy (non-hydrogen) atoms. The van der Waals surface area contributed by atoms with Crippen molar-refractivity contribution in [1.82, 2.24) is 19.2 Å². The molecule has 1 aliphatic carbocycles. The van der Waals surface area contributed by atoms with Crippen LogP contribution in [0.1, 0.15) is 32.3 Å². The summed E-state index contributed by atoms with van der Waals surface area (Å²) in [6.45, 7) is 4.64. The fourth-order valence-corrected chi connectivity index (χ4v) is 6.76. The molecule has 8 nitrogen and oxygen atoms in total. The third-order valence-corrected chi connectivity index (χ3v) is 9.64. The number of benzene rings is 2. The fourth-order valence-electron chi connectivity index (χ4n) is 5.23. The average molecular weight is 573 g/mol. The van der Waals surface area contributed by atoms with Crippen LogP contribution >= 0.6 is 11.6 Å². The van der Waals surface area contributed by atoms with Gasteiger partial charge < -0.3 is 9.80 Å². The molecular formula is C27H27ClF2N6O2S. The molecule has 0 bridgehead atoms. The number of alkyl halides is 1. The summed E-state index contributed by atoms with van der Waals surface area (Å²) < 4.78 is 55.6. The lowest BCUT2D eigenvalue weighted by molar-refractivity contribution is 0.351. The fraction of sp³-hybridized carbons (Fsp3) is 0.370. The van der Waals surface area contributed by atoms with Gasteiger partial charge in [0.05, 0.1) is 45.4 Å². The van der Waals surface area contributed by atoms with Crippen LogP contribution in [-0.4, -0.2) is 59.4 Å².